The number of fused-ring (bicyclic) bond motifs is 1. The number of benzene rings is 1. The number of nitrogens with one attached hydrogen (secondary N) is 1. The molecule has 0 aliphatic heterocycles. The standard InChI is InChI=1S/C14H12ClN5O/c1-20-8-17-19-13(20)7-16-14(21)12-6-10(15)9-4-2-3-5-11(9)18-12/h2-6,8H,7H2,1H3,(H,16,21). The van der Waals surface area contributed by atoms with Crippen molar-refractivity contribution in [3.8, 4) is 0 Å². The van der Waals surface area contributed by atoms with Crippen LogP contribution in [0.4, 0.5) is 0 Å². The molecule has 3 aromatic rings. The average Bonchev–Trinajstić information content (AvgIpc) is 2.90. The molecule has 0 aliphatic carbocycles. The first kappa shape index (κ1) is 13.5. The van der Waals surface area contributed by atoms with Gasteiger partial charge in [-0.2, -0.15) is 0 Å². The number of aromatic nitrogens is 4. The third kappa shape index (κ3) is 2.71. The third-order valence-corrected chi connectivity index (χ3v) is 3.42. The number of halogens is 1. The molecule has 0 unspecified atom stereocenters. The van der Waals surface area contributed by atoms with E-state index in [2.05, 4.69) is 20.5 Å². The SMILES string of the molecule is Cn1cnnc1CNC(=O)c1cc(Cl)c2ccccc2n1. The Labute approximate surface area is 125 Å². The van der Waals surface area contributed by atoms with E-state index >= 15 is 0 Å². The van der Waals surface area contributed by atoms with Crippen LogP contribution in [0.25, 0.3) is 10.9 Å². The van der Waals surface area contributed by atoms with Gasteiger partial charge in [0.05, 0.1) is 17.1 Å². The summed E-state index contributed by atoms with van der Waals surface area (Å²) in [5.41, 5.74) is 0.967. The smallest absolute Gasteiger partial charge is 0.270 e. The lowest BCUT2D eigenvalue weighted by Gasteiger charge is -2.06. The quantitative estimate of drug-likeness (QED) is 0.802. The fourth-order valence-corrected chi connectivity index (χ4v) is 2.23. The van der Waals surface area contributed by atoms with Crippen LogP contribution in [-0.2, 0) is 13.6 Å². The Kier molecular flexibility index (Phi) is 3.53. The van der Waals surface area contributed by atoms with E-state index in [0.29, 0.717) is 16.4 Å². The first-order valence-corrected chi connectivity index (χ1v) is 6.69. The molecule has 0 radical (unpaired) electrons. The Morgan fingerprint density at radius 3 is 2.95 bits per heavy atom. The zero-order valence-electron chi connectivity index (χ0n) is 11.2. The minimum atomic E-state index is -0.300. The van der Waals surface area contributed by atoms with E-state index in [0.717, 1.165) is 5.39 Å². The maximum Gasteiger partial charge on any atom is 0.270 e. The van der Waals surface area contributed by atoms with Crippen molar-refractivity contribution in [2.45, 2.75) is 6.54 Å². The lowest BCUT2D eigenvalue weighted by molar-refractivity contribution is 0.0945. The number of amides is 1. The molecule has 0 atom stereocenters. The van der Waals surface area contributed by atoms with Gasteiger partial charge in [0.1, 0.15) is 12.0 Å². The second-order valence-electron chi connectivity index (χ2n) is 4.55. The van der Waals surface area contributed by atoms with Crippen LogP contribution in [0.15, 0.2) is 36.7 Å². The molecule has 2 heterocycles. The molecular weight excluding hydrogens is 290 g/mol. The Morgan fingerprint density at radius 2 is 2.19 bits per heavy atom. The lowest BCUT2D eigenvalue weighted by atomic mass is 10.2. The number of carbonyl (C=O) groups is 1. The molecule has 1 N–H and O–H groups in total. The van der Waals surface area contributed by atoms with Crippen LogP contribution < -0.4 is 5.32 Å². The number of pyridine rings is 1. The molecule has 7 heteroatoms. The van der Waals surface area contributed by atoms with Crippen molar-refractivity contribution < 1.29 is 4.79 Å². The van der Waals surface area contributed by atoms with Crippen LogP contribution in [0.1, 0.15) is 16.3 Å². The van der Waals surface area contributed by atoms with Gasteiger partial charge in [0.2, 0.25) is 0 Å². The highest BCUT2D eigenvalue weighted by Gasteiger charge is 2.12. The largest absolute Gasteiger partial charge is 0.343 e. The Balaban J connectivity index is 1.83. The van der Waals surface area contributed by atoms with Gasteiger partial charge in [0, 0.05) is 12.4 Å². The summed E-state index contributed by atoms with van der Waals surface area (Å²) in [6, 6.07) is 8.99. The predicted octanol–water partition coefficient (Wildman–Crippen LogP) is 1.95. The molecule has 6 nitrogen and oxygen atoms in total. The number of rotatable bonds is 3. The molecule has 0 fully saturated rings. The molecule has 21 heavy (non-hydrogen) atoms. The van der Waals surface area contributed by atoms with Gasteiger partial charge < -0.3 is 9.88 Å². The number of hydrogen-bond donors (Lipinski definition) is 1. The van der Waals surface area contributed by atoms with Crippen molar-refractivity contribution in [3.63, 3.8) is 0 Å². The van der Waals surface area contributed by atoms with Gasteiger partial charge >= 0.3 is 0 Å². The molecule has 0 aliphatic rings. The van der Waals surface area contributed by atoms with Crippen molar-refractivity contribution >= 4 is 28.4 Å². The molecule has 0 saturated heterocycles. The van der Waals surface area contributed by atoms with E-state index < -0.39 is 0 Å². The third-order valence-electron chi connectivity index (χ3n) is 3.11. The van der Waals surface area contributed by atoms with Crippen molar-refractivity contribution in [1.29, 1.82) is 0 Å². The fourth-order valence-electron chi connectivity index (χ4n) is 1.97. The highest BCUT2D eigenvalue weighted by molar-refractivity contribution is 6.35. The van der Waals surface area contributed by atoms with Crippen LogP contribution in [0.3, 0.4) is 0 Å². The summed E-state index contributed by atoms with van der Waals surface area (Å²) in [6.07, 6.45) is 1.58. The van der Waals surface area contributed by atoms with Crippen molar-refractivity contribution in [3.05, 3.63) is 53.2 Å². The van der Waals surface area contributed by atoms with Gasteiger partial charge in [-0.1, -0.05) is 29.8 Å². The number of carbonyl (C=O) groups excluding carboxylic acids is 1. The van der Waals surface area contributed by atoms with Gasteiger partial charge in [-0.3, -0.25) is 4.79 Å². The summed E-state index contributed by atoms with van der Waals surface area (Å²) in [6.45, 7) is 0.279. The summed E-state index contributed by atoms with van der Waals surface area (Å²) in [5, 5.41) is 11.7. The summed E-state index contributed by atoms with van der Waals surface area (Å²) < 4.78 is 1.74. The van der Waals surface area contributed by atoms with Gasteiger partial charge in [0.15, 0.2) is 5.82 Å². The van der Waals surface area contributed by atoms with E-state index in [4.69, 9.17) is 11.6 Å². The zero-order chi connectivity index (χ0) is 14.8. The van der Waals surface area contributed by atoms with E-state index in [1.54, 1.807) is 17.0 Å². The van der Waals surface area contributed by atoms with E-state index in [1.807, 2.05) is 31.3 Å². The summed E-state index contributed by atoms with van der Waals surface area (Å²) >= 11 is 6.18. The van der Waals surface area contributed by atoms with Crippen LogP contribution in [0.2, 0.25) is 5.02 Å². The predicted molar refractivity (Wildman–Crippen MR) is 78.9 cm³/mol. The summed E-state index contributed by atoms with van der Waals surface area (Å²) in [5.74, 6) is 0.362. The molecule has 106 valence electrons. The summed E-state index contributed by atoms with van der Waals surface area (Å²) in [7, 11) is 1.81. The van der Waals surface area contributed by atoms with Crippen LogP contribution in [0.5, 0.6) is 0 Å². The van der Waals surface area contributed by atoms with E-state index in [9.17, 15) is 4.79 Å². The first-order valence-electron chi connectivity index (χ1n) is 6.31. The average molecular weight is 302 g/mol. The monoisotopic (exact) mass is 301 g/mol. The van der Waals surface area contributed by atoms with E-state index in [-0.39, 0.29) is 18.1 Å². The number of hydrogen-bond acceptors (Lipinski definition) is 4. The molecule has 0 spiro atoms. The van der Waals surface area contributed by atoms with Crippen LogP contribution in [0, 0.1) is 0 Å². The van der Waals surface area contributed by atoms with Crippen LogP contribution >= 0.6 is 11.6 Å². The molecule has 1 aromatic carbocycles. The topological polar surface area (TPSA) is 72.7 Å². The number of nitrogens with zero attached hydrogens (tertiary/aromatic N) is 4. The maximum absolute atomic E-state index is 12.2. The molecule has 0 bridgehead atoms. The Hall–Kier alpha value is -2.47. The van der Waals surface area contributed by atoms with Crippen molar-refractivity contribution in [2.24, 2.45) is 7.05 Å². The number of para-hydroxylation sites is 1. The van der Waals surface area contributed by atoms with Gasteiger partial charge in [-0.05, 0) is 12.1 Å². The Bertz CT molecular complexity index is 814. The Morgan fingerprint density at radius 1 is 1.38 bits per heavy atom. The van der Waals surface area contributed by atoms with Gasteiger partial charge in [-0.25, -0.2) is 4.98 Å². The molecular formula is C14H12ClN5O. The second kappa shape index (κ2) is 5.49. The maximum atomic E-state index is 12.2. The fraction of sp³-hybridized carbons (Fsp3) is 0.143. The zero-order valence-corrected chi connectivity index (χ0v) is 12.0. The van der Waals surface area contributed by atoms with Gasteiger partial charge in [-0.15, -0.1) is 10.2 Å². The van der Waals surface area contributed by atoms with E-state index in [1.165, 1.54) is 0 Å². The molecule has 2 aromatic heterocycles. The lowest BCUT2D eigenvalue weighted by Crippen LogP contribution is -2.25. The van der Waals surface area contributed by atoms with Crippen molar-refractivity contribution in [2.75, 3.05) is 0 Å². The second-order valence-corrected chi connectivity index (χ2v) is 4.95. The molecule has 0 saturated carbocycles. The van der Waals surface area contributed by atoms with Gasteiger partial charge in [0.25, 0.3) is 5.91 Å². The summed E-state index contributed by atoms with van der Waals surface area (Å²) in [4.78, 5) is 16.5. The highest BCUT2D eigenvalue weighted by Crippen LogP contribution is 2.22. The normalized spacial score (nSPS) is 10.8. The molecule has 1 amide bonds. The minimum Gasteiger partial charge on any atom is -0.343 e. The highest BCUT2D eigenvalue weighted by atomic mass is 35.5. The van der Waals surface area contributed by atoms with Crippen LogP contribution in [-0.4, -0.2) is 25.7 Å². The van der Waals surface area contributed by atoms with Crippen molar-refractivity contribution in [1.82, 2.24) is 25.1 Å². The molecule has 3 rings (SSSR count). The number of aryl methyl sites for hydroxylation is 1. The minimum absolute atomic E-state index is 0.279. The first-order chi connectivity index (χ1) is 10.1.